The second-order valence-corrected chi connectivity index (χ2v) is 5.08. The Morgan fingerprint density at radius 3 is 2.67 bits per heavy atom. The second kappa shape index (κ2) is 7.96. The SMILES string of the molecule is COc1ccccc1CNC(=O)COc1ccc([N+](=O)[O-])c(C)c1. The fourth-order valence-electron chi connectivity index (χ4n) is 2.17. The van der Waals surface area contributed by atoms with E-state index in [9.17, 15) is 14.9 Å². The zero-order chi connectivity index (χ0) is 17.5. The van der Waals surface area contributed by atoms with Gasteiger partial charge in [0.05, 0.1) is 12.0 Å². The predicted octanol–water partition coefficient (Wildman–Crippen LogP) is 2.61. The van der Waals surface area contributed by atoms with E-state index in [0.29, 0.717) is 23.6 Å². The molecule has 0 radical (unpaired) electrons. The molecular weight excluding hydrogens is 312 g/mol. The molecule has 0 saturated carbocycles. The average molecular weight is 330 g/mol. The average Bonchev–Trinajstić information content (AvgIpc) is 2.58. The molecule has 1 amide bonds. The summed E-state index contributed by atoms with van der Waals surface area (Å²) in [7, 11) is 1.57. The number of para-hydroxylation sites is 1. The summed E-state index contributed by atoms with van der Waals surface area (Å²) in [6.45, 7) is 1.77. The van der Waals surface area contributed by atoms with Crippen LogP contribution in [0, 0.1) is 17.0 Å². The summed E-state index contributed by atoms with van der Waals surface area (Å²) in [5, 5.41) is 13.5. The quantitative estimate of drug-likeness (QED) is 0.622. The van der Waals surface area contributed by atoms with Crippen molar-refractivity contribution in [3.63, 3.8) is 0 Å². The van der Waals surface area contributed by atoms with Gasteiger partial charge in [0.15, 0.2) is 6.61 Å². The highest BCUT2D eigenvalue weighted by atomic mass is 16.6. The maximum absolute atomic E-state index is 11.9. The van der Waals surface area contributed by atoms with Gasteiger partial charge in [0.25, 0.3) is 11.6 Å². The number of nitrogens with one attached hydrogen (secondary N) is 1. The fraction of sp³-hybridized carbons (Fsp3) is 0.235. The van der Waals surface area contributed by atoms with Crippen LogP contribution in [0.5, 0.6) is 11.5 Å². The van der Waals surface area contributed by atoms with Crippen LogP contribution in [0.2, 0.25) is 0 Å². The molecule has 126 valence electrons. The Bertz CT molecular complexity index is 746. The van der Waals surface area contributed by atoms with E-state index in [1.165, 1.54) is 18.2 Å². The minimum absolute atomic E-state index is 0.0166. The Morgan fingerprint density at radius 2 is 2.00 bits per heavy atom. The van der Waals surface area contributed by atoms with Crippen LogP contribution in [-0.2, 0) is 11.3 Å². The summed E-state index contributed by atoms with van der Waals surface area (Å²) in [6.07, 6.45) is 0. The molecule has 0 aliphatic heterocycles. The number of amides is 1. The highest BCUT2D eigenvalue weighted by molar-refractivity contribution is 5.77. The first kappa shape index (κ1) is 17.3. The number of benzene rings is 2. The highest BCUT2D eigenvalue weighted by Crippen LogP contribution is 2.23. The lowest BCUT2D eigenvalue weighted by Gasteiger charge is -2.10. The maximum atomic E-state index is 11.9. The van der Waals surface area contributed by atoms with Gasteiger partial charge in [-0.25, -0.2) is 0 Å². The van der Waals surface area contributed by atoms with Crippen molar-refractivity contribution in [2.45, 2.75) is 13.5 Å². The van der Waals surface area contributed by atoms with Gasteiger partial charge in [-0.15, -0.1) is 0 Å². The first-order valence-corrected chi connectivity index (χ1v) is 7.27. The number of hydrogen-bond donors (Lipinski definition) is 1. The molecule has 0 heterocycles. The molecule has 1 N–H and O–H groups in total. The standard InChI is InChI=1S/C17H18N2O5/c1-12-9-14(7-8-15(12)19(21)22)24-11-17(20)18-10-13-5-3-4-6-16(13)23-2/h3-9H,10-11H2,1-2H3,(H,18,20). The second-order valence-electron chi connectivity index (χ2n) is 5.08. The van der Waals surface area contributed by atoms with Crippen LogP contribution in [0.25, 0.3) is 0 Å². The lowest BCUT2D eigenvalue weighted by Crippen LogP contribution is -2.28. The third-order valence-electron chi connectivity index (χ3n) is 3.40. The molecular formula is C17H18N2O5. The minimum Gasteiger partial charge on any atom is -0.496 e. The first-order valence-electron chi connectivity index (χ1n) is 7.27. The van der Waals surface area contributed by atoms with Gasteiger partial charge >= 0.3 is 0 Å². The van der Waals surface area contributed by atoms with E-state index >= 15 is 0 Å². The number of rotatable bonds is 7. The van der Waals surface area contributed by atoms with E-state index in [1.807, 2.05) is 24.3 Å². The smallest absolute Gasteiger partial charge is 0.272 e. The van der Waals surface area contributed by atoms with E-state index in [1.54, 1.807) is 14.0 Å². The lowest BCUT2D eigenvalue weighted by atomic mass is 10.2. The van der Waals surface area contributed by atoms with Gasteiger partial charge in [-0.05, 0) is 25.1 Å². The molecule has 7 nitrogen and oxygen atoms in total. The molecule has 0 unspecified atom stereocenters. The van der Waals surface area contributed by atoms with Crippen molar-refractivity contribution in [3.8, 4) is 11.5 Å². The van der Waals surface area contributed by atoms with Crippen molar-refractivity contribution in [1.82, 2.24) is 5.32 Å². The van der Waals surface area contributed by atoms with Gasteiger partial charge < -0.3 is 14.8 Å². The van der Waals surface area contributed by atoms with Gasteiger partial charge in [0.1, 0.15) is 11.5 Å². The Morgan fingerprint density at radius 1 is 1.25 bits per heavy atom. The van der Waals surface area contributed by atoms with Gasteiger partial charge in [-0.3, -0.25) is 14.9 Å². The van der Waals surface area contributed by atoms with E-state index in [0.717, 1.165) is 5.56 Å². The number of ether oxygens (including phenoxy) is 2. The van der Waals surface area contributed by atoms with Gasteiger partial charge in [-0.2, -0.15) is 0 Å². The first-order chi connectivity index (χ1) is 11.5. The molecule has 0 aliphatic carbocycles. The zero-order valence-electron chi connectivity index (χ0n) is 13.4. The molecule has 0 aliphatic rings. The number of carbonyl (C=O) groups excluding carboxylic acids is 1. The monoisotopic (exact) mass is 330 g/mol. The number of methoxy groups -OCH3 is 1. The van der Waals surface area contributed by atoms with Gasteiger partial charge in [0, 0.05) is 23.7 Å². The molecule has 0 aromatic heterocycles. The molecule has 0 atom stereocenters. The maximum Gasteiger partial charge on any atom is 0.272 e. The summed E-state index contributed by atoms with van der Waals surface area (Å²) < 4.78 is 10.6. The normalized spacial score (nSPS) is 10.1. The van der Waals surface area contributed by atoms with Crippen LogP contribution in [0.3, 0.4) is 0 Å². The summed E-state index contributed by atoms with van der Waals surface area (Å²) in [4.78, 5) is 22.2. The van der Waals surface area contributed by atoms with E-state index in [2.05, 4.69) is 5.32 Å². The molecule has 24 heavy (non-hydrogen) atoms. The van der Waals surface area contributed by atoms with Crippen molar-refractivity contribution in [1.29, 1.82) is 0 Å². The Balaban J connectivity index is 1.87. The fourth-order valence-corrected chi connectivity index (χ4v) is 2.17. The van der Waals surface area contributed by atoms with Crippen molar-refractivity contribution >= 4 is 11.6 Å². The van der Waals surface area contributed by atoms with E-state index in [4.69, 9.17) is 9.47 Å². The predicted molar refractivity (Wildman–Crippen MR) is 88.2 cm³/mol. The van der Waals surface area contributed by atoms with Crippen LogP contribution < -0.4 is 14.8 Å². The Kier molecular flexibility index (Phi) is 5.73. The molecule has 0 spiro atoms. The summed E-state index contributed by atoms with van der Waals surface area (Å²) in [5.74, 6) is 0.812. The largest absolute Gasteiger partial charge is 0.496 e. The van der Waals surface area contributed by atoms with Crippen molar-refractivity contribution < 1.29 is 19.2 Å². The highest BCUT2D eigenvalue weighted by Gasteiger charge is 2.11. The number of hydrogen-bond acceptors (Lipinski definition) is 5. The van der Waals surface area contributed by atoms with Crippen molar-refractivity contribution in [2.75, 3.05) is 13.7 Å². The van der Waals surface area contributed by atoms with Crippen molar-refractivity contribution in [3.05, 3.63) is 63.7 Å². The van der Waals surface area contributed by atoms with E-state index in [-0.39, 0.29) is 18.2 Å². The molecule has 0 fully saturated rings. The third kappa shape index (κ3) is 4.45. The number of carbonyl (C=O) groups is 1. The third-order valence-corrected chi connectivity index (χ3v) is 3.40. The van der Waals surface area contributed by atoms with Crippen LogP contribution in [0.4, 0.5) is 5.69 Å². The van der Waals surface area contributed by atoms with Crippen molar-refractivity contribution in [2.24, 2.45) is 0 Å². The topological polar surface area (TPSA) is 90.7 Å². The molecule has 2 aromatic rings. The molecule has 2 aromatic carbocycles. The van der Waals surface area contributed by atoms with Crippen LogP contribution in [0.1, 0.15) is 11.1 Å². The number of nitro groups is 1. The Hall–Kier alpha value is -3.09. The number of nitro benzene ring substituents is 1. The summed E-state index contributed by atoms with van der Waals surface area (Å²) in [6, 6.07) is 11.8. The number of aryl methyl sites for hydroxylation is 1. The van der Waals surface area contributed by atoms with E-state index < -0.39 is 4.92 Å². The van der Waals surface area contributed by atoms with Gasteiger partial charge in [0.2, 0.25) is 0 Å². The summed E-state index contributed by atoms with van der Waals surface area (Å²) in [5.41, 5.74) is 1.36. The molecule has 7 heteroatoms. The lowest BCUT2D eigenvalue weighted by molar-refractivity contribution is -0.385. The van der Waals surface area contributed by atoms with Crippen LogP contribution in [0.15, 0.2) is 42.5 Å². The minimum atomic E-state index is -0.459. The molecule has 0 saturated heterocycles. The number of nitrogens with zero attached hydrogens (tertiary/aromatic N) is 1. The van der Waals surface area contributed by atoms with Gasteiger partial charge in [-0.1, -0.05) is 18.2 Å². The molecule has 0 bridgehead atoms. The summed E-state index contributed by atoms with van der Waals surface area (Å²) >= 11 is 0. The molecule has 2 rings (SSSR count). The van der Waals surface area contributed by atoms with Crippen LogP contribution >= 0.6 is 0 Å². The van der Waals surface area contributed by atoms with Crippen LogP contribution in [-0.4, -0.2) is 24.5 Å². The zero-order valence-corrected chi connectivity index (χ0v) is 13.4. The Labute approximate surface area is 139 Å².